The van der Waals surface area contributed by atoms with Gasteiger partial charge in [-0.25, -0.2) is 0 Å². The number of likely N-dealkylation sites (tertiary alicyclic amines) is 2. The van der Waals surface area contributed by atoms with E-state index in [1.165, 1.54) is 51.9 Å². The van der Waals surface area contributed by atoms with Gasteiger partial charge in [0.1, 0.15) is 0 Å². The van der Waals surface area contributed by atoms with Gasteiger partial charge in [-0.1, -0.05) is 0 Å². The summed E-state index contributed by atoms with van der Waals surface area (Å²) in [5.41, 5.74) is 0. The van der Waals surface area contributed by atoms with Crippen molar-refractivity contribution < 1.29 is 4.74 Å². The lowest BCUT2D eigenvalue weighted by Gasteiger charge is -2.26. The second-order valence-electron chi connectivity index (χ2n) is 4.87. The van der Waals surface area contributed by atoms with E-state index in [4.69, 9.17) is 4.74 Å². The lowest BCUT2D eigenvalue weighted by atomic mass is 10.3. The second kappa shape index (κ2) is 5.83. The number of hydrogen-bond acceptors (Lipinski definition) is 3. The van der Waals surface area contributed by atoms with Crippen molar-refractivity contribution in [2.24, 2.45) is 0 Å². The van der Waals surface area contributed by atoms with Crippen LogP contribution < -0.4 is 0 Å². The zero-order valence-corrected chi connectivity index (χ0v) is 9.95. The Hall–Kier alpha value is -0.120. The molecule has 0 aromatic carbocycles. The van der Waals surface area contributed by atoms with Crippen LogP contribution in [0.3, 0.4) is 0 Å². The third kappa shape index (κ3) is 3.44. The predicted octanol–water partition coefficient (Wildman–Crippen LogP) is 1.19. The van der Waals surface area contributed by atoms with Crippen LogP contribution in [0.25, 0.3) is 0 Å². The Balaban J connectivity index is 1.70. The number of nitrogens with zero attached hydrogens (tertiary/aromatic N) is 2. The first-order valence-electron chi connectivity index (χ1n) is 6.36. The number of methoxy groups -OCH3 is 1. The number of rotatable bonds is 5. The molecule has 15 heavy (non-hydrogen) atoms. The van der Waals surface area contributed by atoms with E-state index in [2.05, 4.69) is 9.80 Å². The molecule has 2 heterocycles. The molecule has 2 aliphatic rings. The van der Waals surface area contributed by atoms with E-state index in [-0.39, 0.29) is 0 Å². The maximum Gasteiger partial charge on any atom is 0.0824 e. The van der Waals surface area contributed by atoms with E-state index in [1.807, 2.05) is 7.11 Å². The molecular weight excluding hydrogens is 188 g/mol. The Morgan fingerprint density at radius 3 is 1.60 bits per heavy atom. The van der Waals surface area contributed by atoms with E-state index < -0.39 is 0 Å². The first-order chi connectivity index (χ1) is 7.38. The van der Waals surface area contributed by atoms with Crippen molar-refractivity contribution in [2.75, 3.05) is 46.4 Å². The quantitative estimate of drug-likeness (QED) is 0.681. The maximum absolute atomic E-state index is 5.59. The van der Waals surface area contributed by atoms with E-state index in [0.717, 1.165) is 13.1 Å². The standard InChI is InChI=1S/C12H24N2O/c1-15-12(10-13-6-2-3-7-13)11-14-8-4-5-9-14/h12H,2-11H2,1H3. The average molecular weight is 212 g/mol. The molecule has 0 bridgehead atoms. The topological polar surface area (TPSA) is 15.7 Å². The highest BCUT2D eigenvalue weighted by Gasteiger charge is 2.21. The van der Waals surface area contributed by atoms with Crippen molar-refractivity contribution >= 4 is 0 Å². The minimum Gasteiger partial charge on any atom is -0.379 e. The Bertz CT molecular complexity index is 156. The smallest absolute Gasteiger partial charge is 0.0824 e. The van der Waals surface area contributed by atoms with Gasteiger partial charge < -0.3 is 14.5 Å². The van der Waals surface area contributed by atoms with Crippen LogP contribution in [-0.2, 0) is 4.74 Å². The minimum absolute atomic E-state index is 0.418. The van der Waals surface area contributed by atoms with E-state index in [9.17, 15) is 0 Å². The first-order valence-corrected chi connectivity index (χ1v) is 6.36. The van der Waals surface area contributed by atoms with Gasteiger partial charge in [-0.15, -0.1) is 0 Å². The van der Waals surface area contributed by atoms with Gasteiger partial charge in [0.25, 0.3) is 0 Å². The third-order valence-electron chi connectivity index (χ3n) is 3.65. The van der Waals surface area contributed by atoms with Gasteiger partial charge in [0, 0.05) is 20.2 Å². The summed E-state index contributed by atoms with van der Waals surface area (Å²) in [6.45, 7) is 7.37. The van der Waals surface area contributed by atoms with Crippen LogP contribution >= 0.6 is 0 Å². The van der Waals surface area contributed by atoms with E-state index in [0.29, 0.717) is 6.10 Å². The summed E-state index contributed by atoms with van der Waals surface area (Å²) in [7, 11) is 1.86. The van der Waals surface area contributed by atoms with Crippen LogP contribution in [0.15, 0.2) is 0 Å². The van der Waals surface area contributed by atoms with Gasteiger partial charge in [-0.05, 0) is 51.9 Å². The fraction of sp³-hybridized carbons (Fsp3) is 1.00. The highest BCUT2D eigenvalue weighted by atomic mass is 16.5. The van der Waals surface area contributed by atoms with Crippen molar-refractivity contribution in [2.45, 2.75) is 31.8 Å². The molecule has 0 saturated carbocycles. The van der Waals surface area contributed by atoms with Crippen LogP contribution in [0.2, 0.25) is 0 Å². The van der Waals surface area contributed by atoms with Crippen LogP contribution in [0.1, 0.15) is 25.7 Å². The zero-order chi connectivity index (χ0) is 10.5. The summed E-state index contributed by atoms with van der Waals surface area (Å²) in [5, 5.41) is 0. The lowest BCUT2D eigenvalue weighted by molar-refractivity contribution is 0.0460. The van der Waals surface area contributed by atoms with Gasteiger partial charge in [0.15, 0.2) is 0 Å². The minimum atomic E-state index is 0.418. The number of hydrogen-bond donors (Lipinski definition) is 0. The van der Waals surface area contributed by atoms with Crippen LogP contribution in [0, 0.1) is 0 Å². The monoisotopic (exact) mass is 212 g/mol. The molecule has 0 amide bonds. The normalized spacial score (nSPS) is 24.4. The SMILES string of the molecule is COC(CN1CCCC1)CN1CCCC1. The van der Waals surface area contributed by atoms with Gasteiger partial charge in [0.2, 0.25) is 0 Å². The Kier molecular flexibility index (Phi) is 4.42. The molecule has 88 valence electrons. The van der Waals surface area contributed by atoms with Crippen molar-refractivity contribution in [1.82, 2.24) is 9.80 Å². The molecule has 0 atom stereocenters. The Morgan fingerprint density at radius 1 is 0.867 bits per heavy atom. The summed E-state index contributed by atoms with van der Waals surface area (Å²) in [6, 6.07) is 0. The number of ether oxygens (including phenoxy) is 1. The first kappa shape index (κ1) is 11.4. The molecule has 3 heteroatoms. The molecule has 0 spiro atoms. The average Bonchev–Trinajstić information content (AvgIpc) is 2.89. The molecule has 3 nitrogen and oxygen atoms in total. The van der Waals surface area contributed by atoms with Crippen molar-refractivity contribution in [1.29, 1.82) is 0 Å². The van der Waals surface area contributed by atoms with Gasteiger partial charge in [-0.2, -0.15) is 0 Å². The highest BCUT2D eigenvalue weighted by Crippen LogP contribution is 2.12. The molecular formula is C12H24N2O. The molecule has 2 fully saturated rings. The van der Waals surface area contributed by atoms with Crippen LogP contribution in [-0.4, -0.2) is 62.3 Å². The van der Waals surface area contributed by atoms with Gasteiger partial charge in [-0.3, -0.25) is 0 Å². The largest absolute Gasteiger partial charge is 0.379 e. The van der Waals surface area contributed by atoms with Crippen molar-refractivity contribution in [3.05, 3.63) is 0 Å². The molecule has 0 radical (unpaired) electrons. The maximum atomic E-state index is 5.59. The fourth-order valence-corrected chi connectivity index (χ4v) is 2.71. The predicted molar refractivity (Wildman–Crippen MR) is 62.1 cm³/mol. The fourth-order valence-electron chi connectivity index (χ4n) is 2.71. The molecule has 0 aliphatic carbocycles. The van der Waals surface area contributed by atoms with Crippen molar-refractivity contribution in [3.8, 4) is 0 Å². The van der Waals surface area contributed by atoms with Crippen molar-refractivity contribution in [3.63, 3.8) is 0 Å². The van der Waals surface area contributed by atoms with Gasteiger partial charge >= 0.3 is 0 Å². The molecule has 0 unspecified atom stereocenters. The summed E-state index contributed by atoms with van der Waals surface area (Å²) in [6.07, 6.45) is 5.92. The molecule has 0 aromatic rings. The molecule has 2 rings (SSSR count). The summed E-state index contributed by atoms with van der Waals surface area (Å²) in [5.74, 6) is 0. The summed E-state index contributed by atoms with van der Waals surface area (Å²) in [4.78, 5) is 5.09. The Morgan fingerprint density at radius 2 is 1.27 bits per heavy atom. The molecule has 2 saturated heterocycles. The lowest BCUT2D eigenvalue weighted by Crippen LogP contribution is -2.39. The Labute approximate surface area is 93.4 Å². The molecule has 0 aromatic heterocycles. The van der Waals surface area contributed by atoms with E-state index in [1.54, 1.807) is 0 Å². The second-order valence-corrected chi connectivity index (χ2v) is 4.87. The molecule has 2 aliphatic heterocycles. The molecule has 0 N–H and O–H groups in total. The highest BCUT2D eigenvalue weighted by molar-refractivity contribution is 4.76. The zero-order valence-electron chi connectivity index (χ0n) is 9.95. The summed E-state index contributed by atoms with van der Waals surface area (Å²) < 4.78 is 5.59. The summed E-state index contributed by atoms with van der Waals surface area (Å²) >= 11 is 0. The third-order valence-corrected chi connectivity index (χ3v) is 3.65. The van der Waals surface area contributed by atoms with Crippen LogP contribution in [0.4, 0.5) is 0 Å². The van der Waals surface area contributed by atoms with Crippen LogP contribution in [0.5, 0.6) is 0 Å². The van der Waals surface area contributed by atoms with E-state index >= 15 is 0 Å². The van der Waals surface area contributed by atoms with Gasteiger partial charge in [0.05, 0.1) is 6.10 Å².